The molecule has 18 heavy (non-hydrogen) atoms. The first-order valence-corrected chi connectivity index (χ1v) is 7.93. The molecule has 0 aromatic carbocycles. The van der Waals surface area contributed by atoms with Crippen molar-refractivity contribution >= 4 is 20.7 Å². The number of ketones is 1. The molecular weight excluding hydrogens is 252 g/mol. The lowest BCUT2D eigenvalue weighted by molar-refractivity contribution is -0.117. The molecule has 6 heteroatoms. The van der Waals surface area contributed by atoms with Gasteiger partial charge in [0.1, 0.15) is 0 Å². The van der Waals surface area contributed by atoms with E-state index >= 15 is 0 Å². The molecule has 1 rings (SSSR count). The molecule has 0 spiro atoms. The van der Waals surface area contributed by atoms with Gasteiger partial charge in [-0.3, -0.25) is 4.79 Å². The molecule has 0 saturated heterocycles. The Morgan fingerprint density at radius 1 is 1.28 bits per heavy atom. The predicted molar refractivity (Wildman–Crippen MR) is 68.9 cm³/mol. The van der Waals surface area contributed by atoms with Crippen molar-refractivity contribution in [2.24, 2.45) is 5.92 Å². The van der Waals surface area contributed by atoms with Crippen LogP contribution in [-0.2, 0) is 14.6 Å². The van der Waals surface area contributed by atoms with Crippen LogP contribution in [0.3, 0.4) is 0 Å². The SMILES string of the molecule is CC(C)CC(=O)C(=[N+]=[N-])S(=O)(=O)C1CCCCC1. The van der Waals surface area contributed by atoms with Crippen LogP contribution in [0, 0.1) is 5.92 Å². The Balaban J connectivity index is 2.93. The summed E-state index contributed by atoms with van der Waals surface area (Å²) in [4.78, 5) is 14.6. The Kier molecular flexibility index (Phi) is 5.23. The number of carbonyl (C=O) groups is 1. The zero-order valence-corrected chi connectivity index (χ0v) is 11.7. The van der Waals surface area contributed by atoms with Crippen LogP contribution in [-0.4, -0.2) is 29.3 Å². The normalized spacial score (nSPS) is 17.5. The highest BCUT2D eigenvalue weighted by atomic mass is 32.2. The smallest absolute Gasteiger partial charge is 0.360 e. The highest BCUT2D eigenvalue weighted by Crippen LogP contribution is 2.25. The summed E-state index contributed by atoms with van der Waals surface area (Å²) in [5.41, 5.74) is 8.86. The number of hydrogen-bond donors (Lipinski definition) is 0. The van der Waals surface area contributed by atoms with Gasteiger partial charge >= 0.3 is 5.04 Å². The maximum Gasteiger partial charge on any atom is 0.447 e. The van der Waals surface area contributed by atoms with Crippen LogP contribution in [0.2, 0.25) is 0 Å². The lowest BCUT2D eigenvalue weighted by Gasteiger charge is -2.19. The third kappa shape index (κ3) is 3.50. The van der Waals surface area contributed by atoms with Gasteiger partial charge in [0.15, 0.2) is 0 Å². The lowest BCUT2D eigenvalue weighted by atomic mass is 10.0. The minimum atomic E-state index is -3.77. The van der Waals surface area contributed by atoms with Crippen molar-refractivity contribution in [3.8, 4) is 0 Å². The summed E-state index contributed by atoms with van der Waals surface area (Å²) in [5.74, 6) is -0.547. The molecule has 1 aliphatic rings. The van der Waals surface area contributed by atoms with Gasteiger partial charge in [-0.15, -0.1) is 4.79 Å². The van der Waals surface area contributed by atoms with Gasteiger partial charge in [0.25, 0.3) is 15.6 Å². The van der Waals surface area contributed by atoms with E-state index in [0.717, 1.165) is 19.3 Å². The molecule has 1 saturated carbocycles. The van der Waals surface area contributed by atoms with Crippen LogP contribution in [0.5, 0.6) is 0 Å². The number of carbonyl (C=O) groups excluding carboxylic acids is 1. The molecule has 0 radical (unpaired) electrons. The second kappa shape index (κ2) is 6.25. The topological polar surface area (TPSA) is 87.6 Å². The van der Waals surface area contributed by atoms with E-state index in [1.165, 1.54) is 0 Å². The van der Waals surface area contributed by atoms with Gasteiger partial charge < -0.3 is 5.53 Å². The van der Waals surface area contributed by atoms with Gasteiger partial charge in [-0.1, -0.05) is 33.1 Å². The van der Waals surface area contributed by atoms with Crippen molar-refractivity contribution in [2.75, 3.05) is 0 Å². The maximum atomic E-state index is 12.2. The predicted octanol–water partition coefficient (Wildman–Crippen LogP) is 1.98. The molecule has 1 fully saturated rings. The van der Waals surface area contributed by atoms with Crippen molar-refractivity contribution in [1.29, 1.82) is 0 Å². The fourth-order valence-corrected chi connectivity index (χ4v) is 4.05. The van der Waals surface area contributed by atoms with Gasteiger partial charge in [0, 0.05) is 6.42 Å². The Morgan fingerprint density at radius 2 is 1.83 bits per heavy atom. The highest BCUT2D eigenvalue weighted by molar-refractivity contribution is 8.08. The van der Waals surface area contributed by atoms with Crippen LogP contribution in [0.15, 0.2) is 0 Å². The van der Waals surface area contributed by atoms with E-state index in [1.54, 1.807) is 0 Å². The zero-order valence-electron chi connectivity index (χ0n) is 10.9. The molecule has 0 bridgehead atoms. The molecular formula is C12H20N2O3S. The van der Waals surface area contributed by atoms with Gasteiger partial charge in [-0.25, -0.2) is 8.42 Å². The van der Waals surface area contributed by atoms with Crippen molar-refractivity contribution in [1.82, 2.24) is 0 Å². The molecule has 0 aliphatic heterocycles. The fourth-order valence-electron chi connectivity index (χ4n) is 2.26. The van der Waals surface area contributed by atoms with E-state index in [1.807, 2.05) is 13.8 Å². The Bertz CT molecular complexity index is 456. The Hall–Kier alpha value is -1.00. The molecule has 0 amide bonds. The Morgan fingerprint density at radius 3 is 2.28 bits per heavy atom. The molecule has 0 atom stereocenters. The summed E-state index contributed by atoms with van der Waals surface area (Å²) >= 11 is 0. The van der Waals surface area contributed by atoms with Crippen molar-refractivity contribution in [3.05, 3.63) is 5.53 Å². The van der Waals surface area contributed by atoms with E-state index in [2.05, 4.69) is 4.79 Å². The molecule has 102 valence electrons. The van der Waals surface area contributed by atoms with Crippen LogP contribution in [0.25, 0.3) is 5.53 Å². The third-order valence-corrected chi connectivity index (χ3v) is 5.38. The molecule has 1 aliphatic carbocycles. The number of sulfone groups is 1. The Labute approximate surface area is 108 Å². The van der Waals surface area contributed by atoms with Crippen molar-refractivity contribution < 1.29 is 18.0 Å². The monoisotopic (exact) mass is 272 g/mol. The standard InChI is InChI=1S/C12H20N2O3S/c1-9(2)8-11(15)12(14-13)18(16,17)10-6-4-3-5-7-10/h9-10H,3-8H2,1-2H3. The average molecular weight is 272 g/mol. The second-order valence-corrected chi connectivity index (χ2v) is 7.37. The van der Waals surface area contributed by atoms with Gasteiger partial charge in [0.05, 0.1) is 5.25 Å². The molecule has 0 unspecified atom stereocenters. The summed E-state index contributed by atoms with van der Waals surface area (Å²) in [7, 11) is -3.77. The van der Waals surface area contributed by atoms with Crippen LogP contribution >= 0.6 is 0 Å². The minimum absolute atomic E-state index is 0.0378. The van der Waals surface area contributed by atoms with Crippen LogP contribution in [0.1, 0.15) is 52.4 Å². The van der Waals surface area contributed by atoms with Gasteiger partial charge in [-0.05, 0) is 18.8 Å². The van der Waals surface area contributed by atoms with E-state index in [4.69, 9.17) is 5.53 Å². The molecule has 0 N–H and O–H groups in total. The molecule has 5 nitrogen and oxygen atoms in total. The van der Waals surface area contributed by atoms with Crippen molar-refractivity contribution in [3.63, 3.8) is 0 Å². The van der Waals surface area contributed by atoms with E-state index in [-0.39, 0.29) is 12.3 Å². The first kappa shape index (κ1) is 15.1. The summed E-state index contributed by atoms with van der Waals surface area (Å²) in [5, 5.41) is -1.21. The fraction of sp³-hybridized carbons (Fsp3) is 0.833. The van der Waals surface area contributed by atoms with Crippen molar-refractivity contribution in [2.45, 2.75) is 57.6 Å². The molecule has 0 heterocycles. The number of hydrogen-bond acceptors (Lipinski definition) is 3. The molecule has 0 aromatic heterocycles. The lowest BCUT2D eigenvalue weighted by Crippen LogP contribution is -2.36. The van der Waals surface area contributed by atoms with Gasteiger partial charge in [0.2, 0.25) is 0 Å². The summed E-state index contributed by atoms with van der Waals surface area (Å²) in [6.45, 7) is 3.64. The second-order valence-electron chi connectivity index (χ2n) is 5.23. The first-order valence-electron chi connectivity index (χ1n) is 6.38. The zero-order chi connectivity index (χ0) is 13.8. The summed E-state index contributed by atoms with van der Waals surface area (Å²) in [6, 6.07) is 0. The van der Waals surface area contributed by atoms with Gasteiger partial charge in [-0.2, -0.15) is 0 Å². The maximum absolute atomic E-state index is 12.2. The largest absolute Gasteiger partial charge is 0.447 e. The number of Topliss-reactive ketones (excluding diaryl/α,β-unsaturated/α-hetero) is 1. The number of nitrogens with zero attached hydrogens (tertiary/aromatic N) is 2. The van der Waals surface area contributed by atoms with E-state index in [0.29, 0.717) is 12.8 Å². The minimum Gasteiger partial charge on any atom is -0.360 e. The number of rotatable bonds is 4. The summed E-state index contributed by atoms with van der Waals surface area (Å²) in [6.07, 6.45) is 3.91. The highest BCUT2D eigenvalue weighted by Gasteiger charge is 2.42. The third-order valence-electron chi connectivity index (χ3n) is 3.18. The summed E-state index contributed by atoms with van der Waals surface area (Å²) < 4.78 is 24.5. The van der Waals surface area contributed by atoms with Crippen LogP contribution in [0.4, 0.5) is 0 Å². The van der Waals surface area contributed by atoms with Crippen LogP contribution < -0.4 is 0 Å². The first-order chi connectivity index (χ1) is 8.39. The van der Waals surface area contributed by atoms with E-state index < -0.39 is 25.9 Å². The average Bonchev–Trinajstić information content (AvgIpc) is 2.29. The molecule has 0 aromatic rings. The quantitative estimate of drug-likeness (QED) is 0.339. The van der Waals surface area contributed by atoms with E-state index in [9.17, 15) is 13.2 Å².